The van der Waals surface area contributed by atoms with E-state index in [9.17, 15) is 4.79 Å². The van der Waals surface area contributed by atoms with Gasteiger partial charge in [0.2, 0.25) is 0 Å². The third-order valence-corrected chi connectivity index (χ3v) is 3.36. The Morgan fingerprint density at radius 1 is 1.17 bits per heavy atom. The third-order valence-electron chi connectivity index (χ3n) is 3.11. The van der Waals surface area contributed by atoms with E-state index in [1.54, 1.807) is 6.20 Å². The van der Waals surface area contributed by atoms with Crippen molar-refractivity contribution in [3.63, 3.8) is 0 Å². The van der Waals surface area contributed by atoms with Gasteiger partial charge in [0, 0.05) is 11.2 Å². The number of pyridine rings is 1. The number of ether oxygens (including phenoxy) is 1. The average Bonchev–Trinajstić information content (AvgIpc) is 2.46. The summed E-state index contributed by atoms with van der Waals surface area (Å²) in [5, 5.41) is 3.44. The first-order valence-electron chi connectivity index (χ1n) is 7.52. The van der Waals surface area contributed by atoms with Gasteiger partial charge in [0.25, 0.3) is 0 Å². The van der Waals surface area contributed by atoms with Gasteiger partial charge in [0.05, 0.1) is 0 Å². The van der Waals surface area contributed by atoms with Crippen molar-refractivity contribution >= 4 is 23.5 Å². The lowest BCUT2D eigenvalue weighted by molar-refractivity contribution is 0.0635. The van der Waals surface area contributed by atoms with Crippen molar-refractivity contribution < 1.29 is 9.53 Å². The molecule has 0 atom stereocenters. The van der Waals surface area contributed by atoms with E-state index in [1.165, 1.54) is 5.56 Å². The van der Waals surface area contributed by atoms with Crippen LogP contribution >= 0.6 is 11.6 Å². The predicted molar refractivity (Wildman–Crippen MR) is 93.0 cm³/mol. The van der Waals surface area contributed by atoms with E-state index in [0.717, 1.165) is 23.4 Å². The molecule has 5 heteroatoms. The van der Waals surface area contributed by atoms with Crippen molar-refractivity contribution in [2.75, 3.05) is 5.32 Å². The molecule has 0 bridgehead atoms. The Hall–Kier alpha value is -2.07. The highest BCUT2D eigenvalue weighted by Crippen LogP contribution is 2.17. The molecule has 2 rings (SSSR count). The number of carbonyl (C=O) groups is 1. The summed E-state index contributed by atoms with van der Waals surface area (Å²) in [7, 11) is 0. The van der Waals surface area contributed by atoms with E-state index >= 15 is 0 Å². The third kappa shape index (κ3) is 5.91. The highest BCUT2D eigenvalue weighted by Gasteiger charge is 2.17. The number of carbonyl (C=O) groups excluding carboxylic acids is 1. The van der Waals surface area contributed by atoms with Crippen LogP contribution in [0.5, 0.6) is 0 Å². The molecule has 1 amide bonds. The minimum absolute atomic E-state index is 0.496. The van der Waals surface area contributed by atoms with Crippen LogP contribution in [0.2, 0.25) is 5.02 Å². The fourth-order valence-corrected chi connectivity index (χ4v) is 2.21. The monoisotopic (exact) mass is 332 g/mol. The van der Waals surface area contributed by atoms with Crippen LogP contribution in [0.15, 0.2) is 42.6 Å². The van der Waals surface area contributed by atoms with Gasteiger partial charge in [-0.15, -0.1) is 0 Å². The molecule has 0 radical (unpaired) electrons. The van der Waals surface area contributed by atoms with E-state index in [-0.39, 0.29) is 0 Å². The molecule has 1 aromatic carbocycles. The van der Waals surface area contributed by atoms with Gasteiger partial charge in [0.15, 0.2) is 0 Å². The SMILES string of the molecule is CC(C)(C)OC(=O)Nc1ncccc1CCc1ccc(Cl)cc1. The van der Waals surface area contributed by atoms with Crippen molar-refractivity contribution in [3.8, 4) is 0 Å². The van der Waals surface area contributed by atoms with Crippen molar-refractivity contribution in [1.82, 2.24) is 4.98 Å². The molecule has 1 heterocycles. The van der Waals surface area contributed by atoms with Crippen LogP contribution < -0.4 is 5.32 Å². The van der Waals surface area contributed by atoms with Gasteiger partial charge in [-0.3, -0.25) is 5.32 Å². The first-order valence-corrected chi connectivity index (χ1v) is 7.89. The maximum atomic E-state index is 11.9. The van der Waals surface area contributed by atoms with Crippen molar-refractivity contribution in [2.45, 2.75) is 39.2 Å². The maximum absolute atomic E-state index is 11.9. The van der Waals surface area contributed by atoms with Gasteiger partial charge >= 0.3 is 6.09 Å². The van der Waals surface area contributed by atoms with Gasteiger partial charge in [-0.2, -0.15) is 0 Å². The Labute approximate surface area is 141 Å². The Morgan fingerprint density at radius 3 is 2.52 bits per heavy atom. The summed E-state index contributed by atoms with van der Waals surface area (Å²) in [5.74, 6) is 0.538. The molecule has 0 aliphatic carbocycles. The van der Waals surface area contributed by atoms with Crippen LogP contribution in [0.1, 0.15) is 31.9 Å². The molecule has 0 fully saturated rings. The summed E-state index contributed by atoms with van der Waals surface area (Å²) in [6.45, 7) is 5.48. The highest BCUT2D eigenvalue weighted by atomic mass is 35.5. The summed E-state index contributed by atoms with van der Waals surface area (Å²) >= 11 is 5.89. The molecule has 0 spiro atoms. The molecule has 122 valence electrons. The Balaban J connectivity index is 2.02. The molecule has 4 nitrogen and oxygen atoms in total. The number of halogens is 1. The lowest BCUT2D eigenvalue weighted by Gasteiger charge is -2.20. The standard InChI is InChI=1S/C18H21ClN2O2/c1-18(2,3)23-17(22)21-16-14(5-4-12-20-16)9-6-13-7-10-15(19)11-8-13/h4-5,7-8,10-12H,6,9H2,1-3H3,(H,20,21,22). The normalized spacial score (nSPS) is 11.1. The molecule has 23 heavy (non-hydrogen) atoms. The van der Waals surface area contributed by atoms with Gasteiger partial charge in [-0.1, -0.05) is 29.8 Å². The predicted octanol–water partition coefficient (Wildman–Crippen LogP) is 4.87. The number of rotatable bonds is 4. The fourth-order valence-electron chi connectivity index (χ4n) is 2.08. The topological polar surface area (TPSA) is 51.2 Å². The number of benzene rings is 1. The molecule has 0 aliphatic heterocycles. The van der Waals surface area contributed by atoms with Crippen molar-refractivity contribution in [1.29, 1.82) is 0 Å². The Bertz CT molecular complexity index is 663. The Kier molecular flexibility index (Phi) is 5.61. The lowest BCUT2D eigenvalue weighted by Crippen LogP contribution is -2.27. The smallest absolute Gasteiger partial charge is 0.413 e. The molecule has 0 saturated carbocycles. The van der Waals surface area contributed by atoms with Crippen LogP contribution in [0, 0.1) is 0 Å². The molecule has 2 aromatic rings. The van der Waals surface area contributed by atoms with E-state index < -0.39 is 11.7 Å². The molecular formula is C18H21ClN2O2. The van der Waals surface area contributed by atoms with Gasteiger partial charge in [0.1, 0.15) is 11.4 Å². The first-order chi connectivity index (χ1) is 10.8. The summed E-state index contributed by atoms with van der Waals surface area (Å²) in [4.78, 5) is 16.1. The second-order valence-corrected chi connectivity index (χ2v) is 6.70. The average molecular weight is 333 g/mol. The van der Waals surface area contributed by atoms with Gasteiger partial charge in [-0.25, -0.2) is 9.78 Å². The summed E-state index contributed by atoms with van der Waals surface area (Å²) < 4.78 is 5.27. The number of hydrogen-bond donors (Lipinski definition) is 1. The minimum Gasteiger partial charge on any atom is -0.444 e. The summed E-state index contributed by atoms with van der Waals surface area (Å²) in [6.07, 6.45) is 2.76. The highest BCUT2D eigenvalue weighted by molar-refractivity contribution is 6.30. The number of nitrogens with one attached hydrogen (secondary N) is 1. The summed E-state index contributed by atoms with van der Waals surface area (Å²) in [6, 6.07) is 11.6. The number of aromatic nitrogens is 1. The van der Waals surface area contributed by atoms with Crippen LogP contribution in [0.3, 0.4) is 0 Å². The van der Waals surface area contributed by atoms with Crippen LogP contribution in [-0.2, 0) is 17.6 Å². The largest absolute Gasteiger partial charge is 0.444 e. The quantitative estimate of drug-likeness (QED) is 0.869. The zero-order chi connectivity index (χ0) is 16.9. The lowest BCUT2D eigenvalue weighted by atomic mass is 10.1. The fraction of sp³-hybridized carbons (Fsp3) is 0.333. The number of nitrogens with zero attached hydrogens (tertiary/aromatic N) is 1. The zero-order valence-electron chi connectivity index (χ0n) is 13.6. The number of amides is 1. The summed E-state index contributed by atoms with van der Waals surface area (Å²) in [5.41, 5.74) is 1.61. The van der Waals surface area contributed by atoms with E-state index in [2.05, 4.69) is 10.3 Å². The van der Waals surface area contributed by atoms with Crippen molar-refractivity contribution in [3.05, 3.63) is 58.7 Å². The van der Waals surface area contributed by atoms with Gasteiger partial charge in [-0.05, 0) is 62.9 Å². The molecule has 1 N–H and O–H groups in total. The van der Waals surface area contributed by atoms with Gasteiger partial charge < -0.3 is 4.74 Å². The number of anilines is 1. The molecule has 0 aliphatic rings. The van der Waals surface area contributed by atoms with Crippen molar-refractivity contribution in [2.24, 2.45) is 0 Å². The molecule has 1 aromatic heterocycles. The second kappa shape index (κ2) is 7.47. The van der Waals surface area contributed by atoms with E-state index in [4.69, 9.17) is 16.3 Å². The van der Waals surface area contributed by atoms with E-state index in [1.807, 2.05) is 57.2 Å². The van der Waals surface area contributed by atoms with Crippen LogP contribution in [0.25, 0.3) is 0 Å². The van der Waals surface area contributed by atoms with Crippen LogP contribution in [-0.4, -0.2) is 16.7 Å². The maximum Gasteiger partial charge on any atom is 0.413 e. The Morgan fingerprint density at radius 2 is 1.87 bits per heavy atom. The number of aryl methyl sites for hydroxylation is 2. The van der Waals surface area contributed by atoms with E-state index in [0.29, 0.717) is 5.82 Å². The minimum atomic E-state index is -0.539. The molecular weight excluding hydrogens is 312 g/mol. The number of hydrogen-bond acceptors (Lipinski definition) is 3. The molecule has 0 unspecified atom stereocenters. The molecule has 0 saturated heterocycles. The van der Waals surface area contributed by atoms with Crippen LogP contribution in [0.4, 0.5) is 10.6 Å². The zero-order valence-corrected chi connectivity index (χ0v) is 14.4. The second-order valence-electron chi connectivity index (χ2n) is 6.26. The first kappa shape index (κ1) is 17.3.